The predicted molar refractivity (Wildman–Crippen MR) is 45.0 cm³/mol. The molecule has 8 heteroatoms. The molecule has 94 valence electrons. The number of amides is 1. The Balaban J connectivity index is 2.27. The molecule has 1 saturated carbocycles. The summed E-state index contributed by atoms with van der Waals surface area (Å²) in [6.07, 6.45) is -3.92. The Morgan fingerprint density at radius 1 is 1.12 bits per heavy atom. The number of carbonyl (C=O) groups excluding carboxylic acids is 1. The molecular weight excluding hydrogens is 235 g/mol. The van der Waals surface area contributed by atoms with Crippen LogP contribution in [0.15, 0.2) is 0 Å². The molecule has 1 fully saturated rings. The third kappa shape index (κ3) is 3.29. The fraction of sp³-hybridized carbons (Fsp3) is 0.875. The molecule has 1 rings (SSSR count). The Morgan fingerprint density at radius 2 is 1.69 bits per heavy atom. The molecule has 1 aliphatic carbocycles. The van der Waals surface area contributed by atoms with Crippen molar-refractivity contribution in [3.8, 4) is 0 Å². The minimum absolute atomic E-state index is 0.185. The molecule has 0 heterocycles. The molecule has 3 nitrogen and oxygen atoms in total. The maximum Gasteiger partial charge on any atom is 0.463 e. The minimum atomic E-state index is -5.85. The average Bonchev–Trinajstić information content (AvgIpc) is 2.93. The molecule has 2 N–H and O–H groups in total. The third-order valence-electron chi connectivity index (χ3n) is 2.06. The van der Waals surface area contributed by atoms with Crippen LogP contribution in [-0.2, 0) is 4.79 Å². The van der Waals surface area contributed by atoms with Crippen molar-refractivity contribution in [2.75, 3.05) is 13.1 Å². The first-order valence-electron chi connectivity index (χ1n) is 4.71. The van der Waals surface area contributed by atoms with Gasteiger partial charge in [0.15, 0.2) is 0 Å². The normalized spacial score (nSPS) is 17.3. The predicted octanol–water partition coefficient (Wildman–Crippen LogP) is 1.05. The first-order chi connectivity index (χ1) is 7.25. The van der Waals surface area contributed by atoms with Gasteiger partial charge >= 0.3 is 12.1 Å². The topological polar surface area (TPSA) is 41.1 Å². The van der Waals surface area contributed by atoms with Crippen LogP contribution in [0, 0.1) is 0 Å². The van der Waals surface area contributed by atoms with Gasteiger partial charge in [0, 0.05) is 19.1 Å². The summed E-state index contributed by atoms with van der Waals surface area (Å²) >= 11 is 0. The second-order valence-corrected chi connectivity index (χ2v) is 3.56. The second kappa shape index (κ2) is 4.52. The van der Waals surface area contributed by atoms with E-state index < -0.39 is 18.0 Å². The fourth-order valence-corrected chi connectivity index (χ4v) is 0.980. The number of nitrogens with one attached hydrogen (secondary N) is 2. The highest BCUT2D eigenvalue weighted by Crippen LogP contribution is 2.35. The molecule has 0 saturated heterocycles. The van der Waals surface area contributed by atoms with Crippen LogP contribution in [0.3, 0.4) is 0 Å². The van der Waals surface area contributed by atoms with Crippen LogP contribution in [0.25, 0.3) is 0 Å². The van der Waals surface area contributed by atoms with E-state index in [2.05, 4.69) is 5.32 Å². The van der Waals surface area contributed by atoms with E-state index in [9.17, 15) is 26.7 Å². The van der Waals surface area contributed by atoms with Gasteiger partial charge in [0.1, 0.15) is 0 Å². The molecule has 0 atom stereocenters. The second-order valence-electron chi connectivity index (χ2n) is 3.56. The highest BCUT2D eigenvalue weighted by Gasteiger charge is 2.63. The van der Waals surface area contributed by atoms with Gasteiger partial charge in [-0.3, -0.25) is 4.79 Å². The SMILES string of the molecule is O=C(NCCNC1CC1)C(F)(F)C(F)(F)F. The van der Waals surface area contributed by atoms with E-state index in [1.54, 1.807) is 5.32 Å². The van der Waals surface area contributed by atoms with Gasteiger partial charge < -0.3 is 10.6 Å². The van der Waals surface area contributed by atoms with Gasteiger partial charge in [-0.25, -0.2) is 0 Å². The summed E-state index contributed by atoms with van der Waals surface area (Å²) in [7, 11) is 0. The van der Waals surface area contributed by atoms with Gasteiger partial charge in [-0.2, -0.15) is 22.0 Å². The number of hydrogen-bond acceptors (Lipinski definition) is 2. The molecule has 0 spiro atoms. The fourth-order valence-electron chi connectivity index (χ4n) is 0.980. The van der Waals surface area contributed by atoms with Gasteiger partial charge in [-0.05, 0) is 12.8 Å². The van der Waals surface area contributed by atoms with Crippen LogP contribution in [-0.4, -0.2) is 37.1 Å². The summed E-state index contributed by atoms with van der Waals surface area (Å²) in [6.45, 7) is -0.0641. The maximum atomic E-state index is 12.4. The molecule has 0 aromatic heterocycles. The molecular formula is C8H11F5N2O. The van der Waals surface area contributed by atoms with Gasteiger partial charge in [0.2, 0.25) is 0 Å². The van der Waals surface area contributed by atoms with Crippen molar-refractivity contribution in [2.24, 2.45) is 0 Å². The molecule has 1 amide bonds. The highest BCUT2D eigenvalue weighted by atomic mass is 19.4. The average molecular weight is 246 g/mol. The first kappa shape index (κ1) is 13.1. The maximum absolute atomic E-state index is 12.4. The molecule has 1 aliphatic rings. The molecule has 0 bridgehead atoms. The summed E-state index contributed by atoms with van der Waals surface area (Å²) in [4.78, 5) is 10.6. The van der Waals surface area contributed by atoms with E-state index in [4.69, 9.17) is 0 Å². The van der Waals surface area contributed by atoms with E-state index in [0.717, 1.165) is 12.8 Å². The molecule has 0 radical (unpaired) electrons. The monoisotopic (exact) mass is 246 g/mol. The lowest BCUT2D eigenvalue weighted by atomic mass is 10.3. The van der Waals surface area contributed by atoms with Gasteiger partial charge in [-0.1, -0.05) is 0 Å². The lowest BCUT2D eigenvalue weighted by Crippen LogP contribution is -2.51. The van der Waals surface area contributed by atoms with Crippen LogP contribution in [0.5, 0.6) is 0 Å². The summed E-state index contributed by atoms with van der Waals surface area (Å²) in [5.41, 5.74) is 0. The summed E-state index contributed by atoms with van der Waals surface area (Å²) in [5, 5.41) is 4.40. The lowest BCUT2D eigenvalue weighted by Gasteiger charge is -2.18. The van der Waals surface area contributed by atoms with Gasteiger partial charge in [0.25, 0.3) is 5.91 Å². The Morgan fingerprint density at radius 3 is 2.12 bits per heavy atom. The zero-order valence-corrected chi connectivity index (χ0v) is 8.20. The van der Waals surface area contributed by atoms with Crippen molar-refractivity contribution in [1.82, 2.24) is 10.6 Å². The van der Waals surface area contributed by atoms with E-state index in [-0.39, 0.29) is 13.1 Å². The smallest absolute Gasteiger partial charge is 0.349 e. The van der Waals surface area contributed by atoms with E-state index in [1.807, 2.05) is 0 Å². The summed E-state index contributed by atoms with van der Waals surface area (Å²) in [6, 6.07) is 0.306. The summed E-state index contributed by atoms with van der Waals surface area (Å²) in [5.74, 6) is -7.63. The molecule has 0 aliphatic heterocycles. The van der Waals surface area contributed by atoms with Gasteiger partial charge in [-0.15, -0.1) is 0 Å². The number of halogens is 5. The van der Waals surface area contributed by atoms with Crippen molar-refractivity contribution in [2.45, 2.75) is 31.0 Å². The van der Waals surface area contributed by atoms with Crippen LogP contribution >= 0.6 is 0 Å². The quantitative estimate of drug-likeness (QED) is 0.562. The number of hydrogen-bond donors (Lipinski definition) is 2. The lowest BCUT2D eigenvalue weighted by molar-refractivity contribution is -0.269. The highest BCUT2D eigenvalue weighted by molar-refractivity contribution is 5.84. The van der Waals surface area contributed by atoms with Crippen LogP contribution in [0.1, 0.15) is 12.8 Å². The van der Waals surface area contributed by atoms with E-state index in [0.29, 0.717) is 6.04 Å². The number of alkyl halides is 5. The van der Waals surface area contributed by atoms with E-state index in [1.165, 1.54) is 0 Å². The number of carbonyl (C=O) groups is 1. The van der Waals surface area contributed by atoms with Crippen molar-refractivity contribution in [3.63, 3.8) is 0 Å². The van der Waals surface area contributed by atoms with Crippen molar-refractivity contribution in [3.05, 3.63) is 0 Å². The van der Waals surface area contributed by atoms with Gasteiger partial charge in [0.05, 0.1) is 0 Å². The Hall–Kier alpha value is -0.920. The van der Waals surface area contributed by atoms with E-state index >= 15 is 0 Å². The molecule has 0 aromatic carbocycles. The van der Waals surface area contributed by atoms with Crippen LogP contribution in [0.2, 0.25) is 0 Å². The Kier molecular flexibility index (Phi) is 3.72. The first-order valence-corrected chi connectivity index (χ1v) is 4.71. The Labute approximate surface area is 88.4 Å². The molecule has 0 aromatic rings. The van der Waals surface area contributed by atoms with Crippen molar-refractivity contribution < 1.29 is 26.7 Å². The summed E-state index contributed by atoms with van der Waals surface area (Å²) < 4.78 is 59.8. The minimum Gasteiger partial charge on any atom is -0.349 e. The molecule has 16 heavy (non-hydrogen) atoms. The third-order valence-corrected chi connectivity index (χ3v) is 2.06. The zero-order chi connectivity index (χ0) is 12.4. The molecule has 0 unspecified atom stereocenters. The van der Waals surface area contributed by atoms with Crippen molar-refractivity contribution in [1.29, 1.82) is 0 Å². The van der Waals surface area contributed by atoms with Crippen LogP contribution in [0.4, 0.5) is 22.0 Å². The largest absolute Gasteiger partial charge is 0.463 e. The van der Waals surface area contributed by atoms with Crippen molar-refractivity contribution >= 4 is 5.91 Å². The standard InChI is InChI=1S/C8H11F5N2O/c9-7(10,8(11,12)13)6(16)15-4-3-14-5-1-2-5/h5,14H,1-4H2,(H,15,16). The zero-order valence-electron chi connectivity index (χ0n) is 8.20. The Bertz CT molecular complexity index is 262. The number of rotatable bonds is 5. The van der Waals surface area contributed by atoms with Crippen LogP contribution < -0.4 is 10.6 Å².